The smallest absolute Gasteiger partial charge is 0.338 e. The Morgan fingerprint density at radius 1 is 1.27 bits per heavy atom. The lowest BCUT2D eigenvalue weighted by atomic mass is 9.95. The fraction of sp³-hybridized carbons (Fsp3) is 0.286. The van der Waals surface area contributed by atoms with Gasteiger partial charge in [-0.15, -0.1) is 22.7 Å². The van der Waals surface area contributed by atoms with Crippen molar-refractivity contribution >= 4 is 69.3 Å². The molecule has 12 nitrogen and oxygen atoms in total. The van der Waals surface area contributed by atoms with Gasteiger partial charge < -0.3 is 20.1 Å². The average Bonchev–Trinajstić information content (AvgIpc) is 3.78. The Bertz CT molecular complexity index is 1710. The Hall–Kier alpha value is -4.18. The molecule has 16 heteroatoms. The number of anilines is 1. The highest BCUT2D eigenvalue weighted by molar-refractivity contribution is 7.14. The van der Waals surface area contributed by atoms with Crippen molar-refractivity contribution in [2.24, 2.45) is 4.99 Å². The molecular weight excluding hydrogens is 633 g/mol. The van der Waals surface area contributed by atoms with Crippen LogP contribution in [0.4, 0.5) is 14.3 Å². The maximum absolute atomic E-state index is 14.6. The van der Waals surface area contributed by atoms with Crippen LogP contribution in [-0.2, 0) is 14.3 Å². The van der Waals surface area contributed by atoms with Gasteiger partial charge in [-0.3, -0.25) is 14.8 Å². The van der Waals surface area contributed by atoms with Crippen LogP contribution in [0.2, 0.25) is 5.02 Å². The number of carboxylic acids is 1. The van der Waals surface area contributed by atoms with Gasteiger partial charge in [0.25, 0.3) is 0 Å². The maximum Gasteiger partial charge on any atom is 0.338 e. The topological polar surface area (TPSA) is 141 Å². The first-order valence-electron chi connectivity index (χ1n) is 13.4. The maximum atomic E-state index is 14.6. The molecule has 3 aliphatic rings. The van der Waals surface area contributed by atoms with Crippen LogP contribution in [0.5, 0.6) is 0 Å². The second-order valence-electron chi connectivity index (χ2n) is 10.1. The molecule has 44 heavy (non-hydrogen) atoms. The number of nitrogens with zero attached hydrogens (tertiary/aromatic N) is 6. The van der Waals surface area contributed by atoms with Crippen molar-refractivity contribution in [2.75, 3.05) is 44.7 Å². The molecule has 0 bridgehead atoms. The number of esters is 1. The third kappa shape index (κ3) is 5.83. The summed E-state index contributed by atoms with van der Waals surface area (Å²) in [5.74, 6) is -1.92. The number of fused-ring (bicyclic) bond motifs is 1. The van der Waals surface area contributed by atoms with Gasteiger partial charge in [-0.25, -0.2) is 28.7 Å². The van der Waals surface area contributed by atoms with E-state index in [2.05, 4.69) is 20.2 Å². The summed E-state index contributed by atoms with van der Waals surface area (Å²) in [7, 11) is 1.27. The number of urea groups is 1. The molecule has 0 spiro atoms. The summed E-state index contributed by atoms with van der Waals surface area (Å²) in [6.45, 7) is 2.17. The van der Waals surface area contributed by atoms with Crippen LogP contribution in [-0.4, -0.2) is 94.6 Å². The van der Waals surface area contributed by atoms with Gasteiger partial charge in [0.2, 0.25) is 0 Å². The molecule has 2 saturated heterocycles. The number of amides is 2. The summed E-state index contributed by atoms with van der Waals surface area (Å²) in [5, 5.41) is 16.6. The van der Waals surface area contributed by atoms with Gasteiger partial charge >= 0.3 is 18.0 Å². The lowest BCUT2D eigenvalue weighted by Gasteiger charge is -2.38. The number of benzene rings is 1. The molecule has 5 heterocycles. The quantitative estimate of drug-likeness (QED) is 0.274. The van der Waals surface area contributed by atoms with E-state index in [-0.39, 0.29) is 29.2 Å². The van der Waals surface area contributed by atoms with Crippen molar-refractivity contribution in [1.82, 2.24) is 25.1 Å². The summed E-state index contributed by atoms with van der Waals surface area (Å²) in [5.41, 5.74) is 1.51. The molecule has 2 N–H and O–H groups in total. The third-order valence-electron chi connectivity index (χ3n) is 7.40. The van der Waals surface area contributed by atoms with E-state index in [4.69, 9.17) is 26.4 Å². The zero-order valence-corrected chi connectivity index (χ0v) is 25.5. The van der Waals surface area contributed by atoms with E-state index in [1.54, 1.807) is 32.8 Å². The Balaban J connectivity index is 1.27. The number of methoxy groups -OCH3 is 1. The van der Waals surface area contributed by atoms with Crippen LogP contribution in [0, 0.1) is 5.82 Å². The number of hydrogen-bond acceptors (Lipinski definition) is 11. The van der Waals surface area contributed by atoms with Crippen LogP contribution in [0.1, 0.15) is 22.3 Å². The molecule has 2 aromatic heterocycles. The molecule has 0 radical (unpaired) electrons. The van der Waals surface area contributed by atoms with Crippen molar-refractivity contribution in [2.45, 2.75) is 12.1 Å². The van der Waals surface area contributed by atoms with Gasteiger partial charge in [-0.2, -0.15) is 0 Å². The highest BCUT2D eigenvalue weighted by Crippen LogP contribution is 2.38. The average molecular weight is 658 g/mol. The number of ether oxygens (including phenoxy) is 1. The summed E-state index contributed by atoms with van der Waals surface area (Å²) >= 11 is 9.01. The van der Waals surface area contributed by atoms with Gasteiger partial charge in [0.15, 0.2) is 16.0 Å². The van der Waals surface area contributed by atoms with Gasteiger partial charge in [-0.1, -0.05) is 23.7 Å². The Labute approximate surface area is 263 Å². The Kier molecular flexibility index (Phi) is 8.44. The van der Waals surface area contributed by atoms with Crippen LogP contribution in [0.3, 0.4) is 0 Å². The van der Waals surface area contributed by atoms with Crippen LogP contribution in [0.15, 0.2) is 57.5 Å². The first-order chi connectivity index (χ1) is 21.2. The Morgan fingerprint density at radius 3 is 2.86 bits per heavy atom. The number of carboxylic acid groups (broad SMARTS) is 1. The lowest BCUT2D eigenvalue weighted by Crippen LogP contribution is -2.53. The normalized spacial score (nSPS) is 20.6. The van der Waals surface area contributed by atoms with Crippen molar-refractivity contribution in [3.63, 3.8) is 0 Å². The highest BCUT2D eigenvalue weighted by Gasteiger charge is 2.43. The van der Waals surface area contributed by atoms with Crippen molar-refractivity contribution in [3.8, 4) is 0 Å². The summed E-state index contributed by atoms with van der Waals surface area (Å²) in [4.78, 5) is 56.4. The van der Waals surface area contributed by atoms with E-state index >= 15 is 0 Å². The summed E-state index contributed by atoms with van der Waals surface area (Å²) < 4.78 is 19.7. The lowest BCUT2D eigenvalue weighted by molar-refractivity contribution is -0.136. The minimum absolute atomic E-state index is 0.135. The van der Waals surface area contributed by atoms with Gasteiger partial charge in [0, 0.05) is 60.5 Å². The number of amidine groups is 1. The molecule has 228 valence electrons. The zero-order chi connectivity index (χ0) is 31.0. The van der Waals surface area contributed by atoms with Crippen LogP contribution >= 0.6 is 34.3 Å². The second kappa shape index (κ2) is 12.4. The van der Waals surface area contributed by atoms with Crippen molar-refractivity contribution in [1.29, 1.82) is 0 Å². The minimum atomic E-state index is -1.08. The minimum Gasteiger partial charge on any atom is -0.478 e. The van der Waals surface area contributed by atoms with E-state index in [1.165, 1.54) is 48.0 Å². The molecule has 1 unspecified atom stereocenters. The first kappa shape index (κ1) is 29.9. The van der Waals surface area contributed by atoms with E-state index in [1.807, 2.05) is 0 Å². The number of piperazine rings is 1. The predicted molar refractivity (Wildman–Crippen MR) is 163 cm³/mol. The molecule has 0 saturated carbocycles. The van der Waals surface area contributed by atoms with Gasteiger partial charge in [0.05, 0.1) is 36.0 Å². The molecule has 0 aliphatic carbocycles. The monoisotopic (exact) mass is 657 g/mol. The van der Waals surface area contributed by atoms with Gasteiger partial charge in [0.1, 0.15) is 11.9 Å². The fourth-order valence-electron chi connectivity index (χ4n) is 5.41. The highest BCUT2D eigenvalue weighted by atomic mass is 35.5. The van der Waals surface area contributed by atoms with E-state index in [0.29, 0.717) is 59.1 Å². The molecule has 6 rings (SSSR count). The first-order valence-corrected chi connectivity index (χ1v) is 15.5. The van der Waals surface area contributed by atoms with Gasteiger partial charge in [-0.05, 0) is 12.1 Å². The van der Waals surface area contributed by atoms with Crippen LogP contribution < -0.4 is 10.2 Å². The molecule has 1 aromatic carbocycles. The Morgan fingerprint density at radius 2 is 2.11 bits per heavy atom. The molecule has 3 aliphatic heterocycles. The number of rotatable bonds is 8. The number of hydrogen-bond donors (Lipinski definition) is 2. The SMILES string of the molecule is COC(=O)C1=C(CN2CCN3C(=O)N(c4nc(/C=C/C(=O)O)cs4)CC3C2)NC(c2nccs2)=N[C@H]1c1cccc(F)c1Cl. The summed E-state index contributed by atoms with van der Waals surface area (Å²) in [6, 6.07) is 3.13. The summed E-state index contributed by atoms with van der Waals surface area (Å²) in [6.07, 6.45) is 4.03. The third-order valence-corrected chi connectivity index (χ3v) is 9.46. The van der Waals surface area contributed by atoms with E-state index in [9.17, 15) is 18.8 Å². The predicted octanol–water partition coefficient (Wildman–Crippen LogP) is 3.63. The molecule has 3 aromatic rings. The fourth-order valence-corrected chi connectivity index (χ4v) is 7.02. The molecule has 2 amide bonds. The van der Waals surface area contributed by atoms with Crippen LogP contribution in [0.25, 0.3) is 6.08 Å². The van der Waals surface area contributed by atoms with Crippen molar-refractivity contribution < 1.29 is 28.6 Å². The van der Waals surface area contributed by atoms with E-state index < -0.39 is 23.8 Å². The molecular formula is C28H25ClFN7O5S2. The van der Waals surface area contributed by atoms with Crippen molar-refractivity contribution in [3.05, 3.63) is 79.6 Å². The zero-order valence-electron chi connectivity index (χ0n) is 23.1. The molecule has 2 atom stereocenters. The standard InChI is InChI=1S/C28H25ClFN7O5S2/c1-42-26(40)21-19(33-24(25-31-7-10-43-25)34-23(21)17-3-2-4-18(30)22(17)29)13-35-8-9-36-16(11-35)12-37(28(36)41)27-32-15(14-44-27)5-6-20(38)39/h2-7,10,14,16,23H,8-9,11-13H2,1H3,(H,33,34)(H,38,39)/b6-5+/t16?,23-/m0/s1. The largest absolute Gasteiger partial charge is 0.478 e. The number of thiazole rings is 2. The number of halogens is 2. The number of carbonyl (C=O) groups excluding carboxylic acids is 2. The number of nitrogens with one attached hydrogen (secondary N) is 1. The number of carbonyl (C=O) groups is 3. The number of aliphatic imine (C=N–C) groups is 1. The number of aromatic nitrogens is 2. The second-order valence-corrected chi connectivity index (χ2v) is 12.2. The molecule has 2 fully saturated rings. The van der Waals surface area contributed by atoms with E-state index in [0.717, 1.165) is 6.08 Å². The number of aliphatic carboxylic acids is 1.